The average molecular weight is 338 g/mol. The highest BCUT2D eigenvalue weighted by molar-refractivity contribution is 9.09. The quantitative estimate of drug-likeness (QED) is 0.526. The number of hydrogen-bond donors (Lipinski definition) is 1. The van der Waals surface area contributed by atoms with Crippen LogP contribution in [-0.4, -0.2) is 5.91 Å². The molecule has 1 heterocycles. The molecule has 1 amide bonds. The van der Waals surface area contributed by atoms with Crippen LogP contribution in [0.15, 0.2) is 18.2 Å². The lowest BCUT2D eigenvalue weighted by Crippen LogP contribution is -2.19. The largest absolute Gasteiger partial charge is 0.326 e. The molecule has 1 aliphatic rings. The van der Waals surface area contributed by atoms with E-state index in [1.165, 1.54) is 49.7 Å². The second-order valence-corrected chi connectivity index (χ2v) is 6.74. The predicted octanol–water partition coefficient (Wildman–Crippen LogP) is 5.37. The molecule has 0 saturated heterocycles. The molecule has 0 aliphatic carbocycles. The minimum atomic E-state index is 0.136. The van der Waals surface area contributed by atoms with Crippen molar-refractivity contribution in [1.82, 2.24) is 0 Å². The maximum atomic E-state index is 11.4. The SMILES string of the molecule is CCCCCCCC(Br)c1ccc2c(c1)CCC(=O)N2. The predicted molar refractivity (Wildman–Crippen MR) is 88.4 cm³/mol. The van der Waals surface area contributed by atoms with E-state index in [4.69, 9.17) is 0 Å². The third-order valence-electron chi connectivity index (χ3n) is 3.95. The summed E-state index contributed by atoms with van der Waals surface area (Å²) in [6.45, 7) is 2.25. The van der Waals surface area contributed by atoms with Gasteiger partial charge in [-0.05, 0) is 30.0 Å². The molecule has 2 rings (SSSR count). The monoisotopic (exact) mass is 337 g/mol. The van der Waals surface area contributed by atoms with Crippen molar-refractivity contribution in [2.45, 2.75) is 63.1 Å². The number of unbranched alkanes of at least 4 members (excludes halogenated alkanes) is 4. The van der Waals surface area contributed by atoms with Crippen molar-refractivity contribution in [3.63, 3.8) is 0 Å². The van der Waals surface area contributed by atoms with Gasteiger partial charge in [0.1, 0.15) is 0 Å². The lowest BCUT2D eigenvalue weighted by Gasteiger charge is -2.19. The van der Waals surface area contributed by atoms with Gasteiger partial charge >= 0.3 is 0 Å². The molecular weight excluding hydrogens is 314 g/mol. The van der Waals surface area contributed by atoms with E-state index in [9.17, 15) is 4.79 Å². The van der Waals surface area contributed by atoms with E-state index in [0.717, 1.165) is 12.1 Å². The highest BCUT2D eigenvalue weighted by atomic mass is 79.9. The van der Waals surface area contributed by atoms with Crippen LogP contribution in [-0.2, 0) is 11.2 Å². The molecule has 0 saturated carbocycles. The molecule has 3 heteroatoms. The van der Waals surface area contributed by atoms with Gasteiger partial charge in [-0.25, -0.2) is 0 Å². The molecule has 0 bridgehead atoms. The molecule has 1 unspecified atom stereocenters. The lowest BCUT2D eigenvalue weighted by atomic mass is 9.97. The van der Waals surface area contributed by atoms with E-state index in [1.807, 2.05) is 6.07 Å². The number of hydrogen-bond acceptors (Lipinski definition) is 1. The topological polar surface area (TPSA) is 29.1 Å². The van der Waals surface area contributed by atoms with Crippen LogP contribution >= 0.6 is 15.9 Å². The maximum absolute atomic E-state index is 11.4. The average Bonchev–Trinajstić information content (AvgIpc) is 2.46. The number of nitrogens with one attached hydrogen (secondary N) is 1. The van der Waals surface area contributed by atoms with Gasteiger partial charge in [0.15, 0.2) is 0 Å². The van der Waals surface area contributed by atoms with Gasteiger partial charge in [-0.1, -0.05) is 67.1 Å². The zero-order valence-corrected chi connectivity index (χ0v) is 13.8. The Labute approximate surface area is 130 Å². The number of amides is 1. The molecule has 1 aromatic carbocycles. The summed E-state index contributed by atoms with van der Waals surface area (Å²) in [6.07, 6.45) is 9.29. The van der Waals surface area contributed by atoms with E-state index >= 15 is 0 Å². The van der Waals surface area contributed by atoms with Crippen LogP contribution in [0.2, 0.25) is 0 Å². The van der Waals surface area contributed by atoms with Crippen LogP contribution in [0.4, 0.5) is 5.69 Å². The van der Waals surface area contributed by atoms with E-state index < -0.39 is 0 Å². The summed E-state index contributed by atoms with van der Waals surface area (Å²) in [6, 6.07) is 6.43. The summed E-state index contributed by atoms with van der Waals surface area (Å²) >= 11 is 3.81. The fourth-order valence-electron chi connectivity index (χ4n) is 2.69. The molecule has 1 N–H and O–H groups in total. The first-order valence-corrected chi connectivity index (χ1v) is 8.69. The minimum Gasteiger partial charge on any atom is -0.326 e. The van der Waals surface area contributed by atoms with E-state index in [0.29, 0.717) is 11.2 Å². The highest BCUT2D eigenvalue weighted by Gasteiger charge is 2.16. The summed E-state index contributed by atoms with van der Waals surface area (Å²) in [5.41, 5.74) is 3.61. The molecule has 1 aromatic rings. The molecule has 20 heavy (non-hydrogen) atoms. The summed E-state index contributed by atoms with van der Waals surface area (Å²) < 4.78 is 0. The van der Waals surface area contributed by atoms with Gasteiger partial charge in [-0.3, -0.25) is 4.79 Å². The number of carbonyl (C=O) groups is 1. The molecule has 0 radical (unpaired) electrons. The van der Waals surface area contributed by atoms with Crippen molar-refractivity contribution in [2.24, 2.45) is 0 Å². The van der Waals surface area contributed by atoms with Gasteiger partial charge in [-0.2, -0.15) is 0 Å². The van der Waals surface area contributed by atoms with E-state index in [1.54, 1.807) is 0 Å². The van der Waals surface area contributed by atoms with Crippen molar-refractivity contribution in [1.29, 1.82) is 0 Å². The molecule has 0 fully saturated rings. The fourth-order valence-corrected chi connectivity index (χ4v) is 3.30. The van der Waals surface area contributed by atoms with Crippen LogP contribution < -0.4 is 5.32 Å². The standard InChI is InChI=1S/C17H24BrNO/c1-2-3-4-5-6-7-15(18)13-8-10-16-14(12-13)9-11-17(20)19-16/h8,10,12,15H,2-7,9,11H2,1H3,(H,19,20). The van der Waals surface area contributed by atoms with Gasteiger partial charge in [0, 0.05) is 16.9 Å². The normalized spacial score (nSPS) is 15.6. The first-order valence-electron chi connectivity index (χ1n) is 7.77. The molecular formula is C17H24BrNO. The minimum absolute atomic E-state index is 0.136. The molecule has 1 aliphatic heterocycles. The van der Waals surface area contributed by atoms with Crippen LogP contribution in [0.3, 0.4) is 0 Å². The van der Waals surface area contributed by atoms with Crippen LogP contribution in [0.5, 0.6) is 0 Å². The second kappa shape index (κ2) is 7.82. The number of rotatable bonds is 7. The maximum Gasteiger partial charge on any atom is 0.224 e. The van der Waals surface area contributed by atoms with Gasteiger partial charge in [-0.15, -0.1) is 0 Å². The first-order chi connectivity index (χ1) is 9.70. The third-order valence-corrected chi connectivity index (χ3v) is 4.93. The van der Waals surface area contributed by atoms with Gasteiger partial charge in [0.2, 0.25) is 5.91 Å². The molecule has 0 aromatic heterocycles. The summed E-state index contributed by atoms with van der Waals surface area (Å²) in [7, 11) is 0. The van der Waals surface area contributed by atoms with Crippen molar-refractivity contribution in [2.75, 3.05) is 5.32 Å². The number of benzene rings is 1. The van der Waals surface area contributed by atoms with E-state index in [-0.39, 0.29) is 5.91 Å². The van der Waals surface area contributed by atoms with Crippen molar-refractivity contribution < 1.29 is 4.79 Å². The number of fused-ring (bicyclic) bond motifs is 1. The Bertz CT molecular complexity index is 458. The third kappa shape index (κ3) is 4.34. The first kappa shape index (κ1) is 15.6. The van der Waals surface area contributed by atoms with Crippen molar-refractivity contribution in [3.8, 4) is 0 Å². The Morgan fingerprint density at radius 2 is 2.00 bits per heavy atom. The lowest BCUT2D eigenvalue weighted by molar-refractivity contribution is -0.116. The van der Waals surface area contributed by atoms with Crippen LogP contribution in [0.1, 0.15) is 67.8 Å². The number of carbonyl (C=O) groups excluding carboxylic acids is 1. The Balaban J connectivity index is 1.87. The number of aryl methyl sites for hydroxylation is 1. The smallest absolute Gasteiger partial charge is 0.224 e. The molecule has 110 valence electrons. The Hall–Kier alpha value is -0.830. The molecule has 1 atom stereocenters. The Morgan fingerprint density at radius 3 is 2.80 bits per heavy atom. The second-order valence-electron chi connectivity index (χ2n) is 5.64. The van der Waals surface area contributed by atoms with E-state index in [2.05, 4.69) is 40.3 Å². The van der Waals surface area contributed by atoms with Gasteiger partial charge < -0.3 is 5.32 Å². The summed E-state index contributed by atoms with van der Waals surface area (Å²) in [5.74, 6) is 0.136. The van der Waals surface area contributed by atoms with Crippen LogP contribution in [0, 0.1) is 0 Å². The van der Waals surface area contributed by atoms with Crippen molar-refractivity contribution in [3.05, 3.63) is 29.3 Å². The van der Waals surface area contributed by atoms with Crippen LogP contribution in [0.25, 0.3) is 0 Å². The zero-order valence-electron chi connectivity index (χ0n) is 12.3. The highest BCUT2D eigenvalue weighted by Crippen LogP contribution is 2.32. The molecule has 2 nitrogen and oxygen atoms in total. The zero-order chi connectivity index (χ0) is 14.4. The summed E-state index contributed by atoms with van der Waals surface area (Å²) in [4.78, 5) is 11.8. The van der Waals surface area contributed by atoms with Gasteiger partial charge in [0.25, 0.3) is 0 Å². The Morgan fingerprint density at radius 1 is 1.20 bits per heavy atom. The van der Waals surface area contributed by atoms with Gasteiger partial charge in [0.05, 0.1) is 0 Å². The summed E-state index contributed by atoms with van der Waals surface area (Å²) in [5, 5.41) is 2.94. The number of alkyl halides is 1. The fraction of sp³-hybridized carbons (Fsp3) is 0.588. The number of anilines is 1. The Kier molecular flexibility index (Phi) is 6.08. The van der Waals surface area contributed by atoms with Crippen molar-refractivity contribution >= 4 is 27.5 Å². The molecule has 0 spiro atoms. The number of halogens is 1.